The van der Waals surface area contributed by atoms with E-state index in [0.29, 0.717) is 16.6 Å². The van der Waals surface area contributed by atoms with Crippen molar-refractivity contribution >= 4 is 23.1 Å². The lowest BCUT2D eigenvalue weighted by atomic mass is 10.4. The van der Waals surface area contributed by atoms with Crippen LogP contribution in [0, 0.1) is 11.3 Å². The molecule has 82 valence electrons. The van der Waals surface area contributed by atoms with E-state index >= 15 is 0 Å². The molecule has 0 fully saturated rings. The fourth-order valence-corrected chi connectivity index (χ4v) is 2.35. The Balaban J connectivity index is 2.15. The van der Waals surface area contributed by atoms with Gasteiger partial charge in [-0.3, -0.25) is 0 Å². The van der Waals surface area contributed by atoms with Crippen LogP contribution >= 0.6 is 23.1 Å². The van der Waals surface area contributed by atoms with Gasteiger partial charge in [0.05, 0.1) is 10.6 Å². The molecule has 0 N–H and O–H groups in total. The first-order valence-corrected chi connectivity index (χ1v) is 6.71. The molecule has 16 heavy (non-hydrogen) atoms. The molecule has 0 radical (unpaired) electrons. The third kappa shape index (κ3) is 2.43. The second-order valence-corrected chi connectivity index (χ2v) is 5.29. The topological polar surface area (TPSA) is 62.7 Å². The quantitative estimate of drug-likeness (QED) is 0.836. The molecular weight excluding hydrogens is 242 g/mol. The van der Waals surface area contributed by atoms with Crippen molar-refractivity contribution in [3.8, 4) is 16.8 Å². The van der Waals surface area contributed by atoms with Crippen LogP contribution in [0.5, 0.6) is 0 Å². The zero-order valence-corrected chi connectivity index (χ0v) is 10.3. The van der Waals surface area contributed by atoms with Crippen molar-refractivity contribution in [2.24, 2.45) is 0 Å². The minimum absolute atomic E-state index is 0.498. The van der Waals surface area contributed by atoms with E-state index in [1.54, 1.807) is 17.8 Å². The minimum atomic E-state index is 0.498. The van der Waals surface area contributed by atoms with Gasteiger partial charge in [-0.1, -0.05) is 12.1 Å². The van der Waals surface area contributed by atoms with E-state index in [0.717, 1.165) is 16.4 Å². The summed E-state index contributed by atoms with van der Waals surface area (Å²) < 4.78 is 5.13. The van der Waals surface area contributed by atoms with Crippen molar-refractivity contribution < 1.29 is 4.52 Å². The SMILES string of the molecule is CCSCc1noc(-c2ccc(C#N)s2)n1. The molecule has 0 saturated heterocycles. The summed E-state index contributed by atoms with van der Waals surface area (Å²) in [5.74, 6) is 2.99. The second-order valence-electron chi connectivity index (χ2n) is 2.93. The van der Waals surface area contributed by atoms with E-state index in [2.05, 4.69) is 23.1 Å². The summed E-state index contributed by atoms with van der Waals surface area (Å²) in [6, 6.07) is 5.66. The molecule has 0 bridgehead atoms. The van der Waals surface area contributed by atoms with Crippen molar-refractivity contribution in [3.05, 3.63) is 22.8 Å². The summed E-state index contributed by atoms with van der Waals surface area (Å²) in [6.07, 6.45) is 0. The molecule has 0 aliphatic heterocycles. The van der Waals surface area contributed by atoms with Crippen molar-refractivity contribution in [2.75, 3.05) is 5.75 Å². The third-order valence-electron chi connectivity index (χ3n) is 1.83. The minimum Gasteiger partial charge on any atom is -0.333 e. The number of nitriles is 1. The molecule has 2 rings (SSSR count). The molecule has 0 atom stereocenters. The number of thiophene rings is 1. The highest BCUT2D eigenvalue weighted by Gasteiger charge is 2.10. The smallest absolute Gasteiger partial charge is 0.268 e. The molecule has 0 aliphatic carbocycles. The molecule has 0 aliphatic rings. The van der Waals surface area contributed by atoms with Gasteiger partial charge in [0.25, 0.3) is 5.89 Å². The van der Waals surface area contributed by atoms with E-state index in [1.807, 2.05) is 6.07 Å². The molecule has 0 unspecified atom stereocenters. The lowest BCUT2D eigenvalue weighted by Gasteiger charge is -1.88. The molecule has 6 heteroatoms. The van der Waals surface area contributed by atoms with Gasteiger partial charge in [0.15, 0.2) is 5.82 Å². The van der Waals surface area contributed by atoms with Gasteiger partial charge in [-0.2, -0.15) is 22.0 Å². The summed E-state index contributed by atoms with van der Waals surface area (Å²) in [6.45, 7) is 2.09. The third-order valence-corrected chi connectivity index (χ3v) is 3.68. The van der Waals surface area contributed by atoms with E-state index in [-0.39, 0.29) is 0 Å². The molecule has 2 aromatic rings. The summed E-state index contributed by atoms with van der Waals surface area (Å²) in [7, 11) is 0. The van der Waals surface area contributed by atoms with Gasteiger partial charge in [0.2, 0.25) is 0 Å². The summed E-state index contributed by atoms with van der Waals surface area (Å²) in [5, 5.41) is 12.6. The Morgan fingerprint density at radius 1 is 1.56 bits per heavy atom. The van der Waals surface area contributed by atoms with Crippen LogP contribution in [-0.4, -0.2) is 15.9 Å². The Morgan fingerprint density at radius 3 is 3.12 bits per heavy atom. The van der Waals surface area contributed by atoms with Gasteiger partial charge in [-0.25, -0.2) is 0 Å². The standard InChI is InChI=1S/C10H9N3OS2/c1-2-15-6-9-12-10(14-13-9)8-4-3-7(5-11)16-8/h3-4H,2,6H2,1H3. The highest BCUT2D eigenvalue weighted by atomic mass is 32.2. The monoisotopic (exact) mass is 251 g/mol. The molecule has 0 spiro atoms. The maximum absolute atomic E-state index is 8.71. The van der Waals surface area contributed by atoms with Crippen molar-refractivity contribution in [3.63, 3.8) is 0 Å². The Bertz CT molecular complexity index is 512. The van der Waals surface area contributed by atoms with Gasteiger partial charge < -0.3 is 4.52 Å². The molecule has 2 aromatic heterocycles. The Labute approximate surface area is 101 Å². The first-order valence-electron chi connectivity index (χ1n) is 4.74. The Kier molecular flexibility index (Phi) is 3.59. The summed E-state index contributed by atoms with van der Waals surface area (Å²) in [5.41, 5.74) is 0. The maximum atomic E-state index is 8.71. The average molecular weight is 251 g/mol. The van der Waals surface area contributed by atoms with Crippen LogP contribution in [0.1, 0.15) is 17.6 Å². The first-order chi connectivity index (χ1) is 7.83. The van der Waals surface area contributed by atoms with Crippen LogP contribution in [-0.2, 0) is 5.75 Å². The molecular formula is C10H9N3OS2. The van der Waals surface area contributed by atoms with E-state index in [4.69, 9.17) is 9.78 Å². The molecule has 0 saturated carbocycles. The lowest BCUT2D eigenvalue weighted by Crippen LogP contribution is -1.83. The number of aromatic nitrogens is 2. The van der Waals surface area contributed by atoms with Crippen LogP contribution in [0.25, 0.3) is 10.8 Å². The van der Waals surface area contributed by atoms with E-state index in [9.17, 15) is 0 Å². The molecule has 2 heterocycles. The van der Waals surface area contributed by atoms with Gasteiger partial charge in [0, 0.05) is 0 Å². The highest BCUT2D eigenvalue weighted by Crippen LogP contribution is 2.26. The number of hydrogen-bond donors (Lipinski definition) is 0. The number of hydrogen-bond acceptors (Lipinski definition) is 6. The van der Waals surface area contributed by atoms with Gasteiger partial charge >= 0.3 is 0 Å². The van der Waals surface area contributed by atoms with E-state index < -0.39 is 0 Å². The molecule has 0 amide bonds. The Hall–Kier alpha value is -1.32. The average Bonchev–Trinajstić information content (AvgIpc) is 2.94. The number of nitrogens with zero attached hydrogens (tertiary/aromatic N) is 3. The largest absolute Gasteiger partial charge is 0.333 e. The van der Waals surface area contributed by atoms with Crippen LogP contribution in [0.4, 0.5) is 0 Å². The fraction of sp³-hybridized carbons (Fsp3) is 0.300. The van der Waals surface area contributed by atoms with Crippen LogP contribution in [0.2, 0.25) is 0 Å². The molecule has 0 aromatic carbocycles. The van der Waals surface area contributed by atoms with Gasteiger partial charge in [-0.15, -0.1) is 11.3 Å². The summed E-state index contributed by atoms with van der Waals surface area (Å²) >= 11 is 3.10. The summed E-state index contributed by atoms with van der Waals surface area (Å²) in [4.78, 5) is 5.76. The van der Waals surface area contributed by atoms with Crippen LogP contribution in [0.3, 0.4) is 0 Å². The highest BCUT2D eigenvalue weighted by molar-refractivity contribution is 7.98. The lowest BCUT2D eigenvalue weighted by molar-refractivity contribution is 0.426. The zero-order chi connectivity index (χ0) is 11.4. The maximum Gasteiger partial charge on any atom is 0.268 e. The molecule has 4 nitrogen and oxygen atoms in total. The van der Waals surface area contributed by atoms with E-state index in [1.165, 1.54) is 11.3 Å². The normalized spacial score (nSPS) is 10.2. The van der Waals surface area contributed by atoms with Crippen LogP contribution in [0.15, 0.2) is 16.7 Å². The number of rotatable bonds is 4. The van der Waals surface area contributed by atoms with Crippen LogP contribution < -0.4 is 0 Å². The van der Waals surface area contributed by atoms with Crippen molar-refractivity contribution in [2.45, 2.75) is 12.7 Å². The first kappa shape index (κ1) is 11.2. The fourth-order valence-electron chi connectivity index (χ4n) is 1.12. The zero-order valence-electron chi connectivity index (χ0n) is 8.64. The second kappa shape index (κ2) is 5.14. The van der Waals surface area contributed by atoms with Gasteiger partial charge in [-0.05, 0) is 17.9 Å². The van der Waals surface area contributed by atoms with Crippen molar-refractivity contribution in [1.29, 1.82) is 5.26 Å². The predicted molar refractivity (Wildman–Crippen MR) is 64.2 cm³/mol. The van der Waals surface area contributed by atoms with Gasteiger partial charge in [0.1, 0.15) is 10.9 Å². The Morgan fingerprint density at radius 2 is 2.44 bits per heavy atom. The predicted octanol–water partition coefficient (Wildman–Crippen LogP) is 2.92. The van der Waals surface area contributed by atoms with Crippen molar-refractivity contribution in [1.82, 2.24) is 10.1 Å². The number of thioether (sulfide) groups is 1.